The van der Waals surface area contributed by atoms with Crippen molar-refractivity contribution in [1.82, 2.24) is 5.43 Å². The molecule has 7 heteroatoms. The highest BCUT2D eigenvalue weighted by molar-refractivity contribution is 9.10. The molecule has 0 radical (unpaired) electrons. The van der Waals surface area contributed by atoms with Gasteiger partial charge in [-0.25, -0.2) is 5.43 Å². The van der Waals surface area contributed by atoms with Crippen molar-refractivity contribution in [2.75, 3.05) is 6.61 Å². The van der Waals surface area contributed by atoms with Crippen LogP contribution < -0.4 is 10.2 Å². The Labute approximate surface area is 147 Å². The van der Waals surface area contributed by atoms with E-state index in [4.69, 9.17) is 16.3 Å². The van der Waals surface area contributed by atoms with E-state index in [1.54, 1.807) is 49.4 Å². The minimum atomic E-state index is -0.415. The number of amides is 1. The number of ether oxygens (including phenoxy) is 1. The Bertz CT molecular complexity index is 750. The zero-order valence-corrected chi connectivity index (χ0v) is 14.6. The van der Waals surface area contributed by atoms with Gasteiger partial charge in [0.1, 0.15) is 11.5 Å². The molecule has 0 aliphatic carbocycles. The summed E-state index contributed by atoms with van der Waals surface area (Å²) in [6, 6.07) is 11.8. The maximum Gasteiger partial charge on any atom is 0.277 e. The lowest BCUT2D eigenvalue weighted by molar-refractivity contribution is -0.123. The van der Waals surface area contributed by atoms with E-state index in [9.17, 15) is 9.90 Å². The van der Waals surface area contributed by atoms with E-state index < -0.39 is 5.91 Å². The van der Waals surface area contributed by atoms with E-state index in [-0.39, 0.29) is 12.4 Å². The van der Waals surface area contributed by atoms with Gasteiger partial charge in [-0.05, 0) is 53.2 Å². The van der Waals surface area contributed by atoms with Crippen molar-refractivity contribution in [3.8, 4) is 11.5 Å². The molecule has 2 rings (SSSR count). The fraction of sp³-hybridized carbons (Fsp3) is 0.125. The number of carbonyl (C=O) groups excluding carboxylic acids is 1. The lowest BCUT2D eigenvalue weighted by Crippen LogP contribution is -2.25. The fourth-order valence-corrected chi connectivity index (χ4v) is 2.55. The van der Waals surface area contributed by atoms with Crippen LogP contribution in [0.1, 0.15) is 12.5 Å². The van der Waals surface area contributed by atoms with Gasteiger partial charge in [-0.1, -0.05) is 23.7 Å². The summed E-state index contributed by atoms with van der Waals surface area (Å²) in [5, 5.41) is 14.2. The third kappa shape index (κ3) is 4.97. The fourth-order valence-electron chi connectivity index (χ4n) is 1.75. The van der Waals surface area contributed by atoms with Crippen molar-refractivity contribution < 1.29 is 14.6 Å². The number of carbonyl (C=O) groups is 1. The van der Waals surface area contributed by atoms with Crippen LogP contribution in [-0.2, 0) is 4.79 Å². The smallest absolute Gasteiger partial charge is 0.277 e. The van der Waals surface area contributed by atoms with Gasteiger partial charge in [-0.15, -0.1) is 0 Å². The Balaban J connectivity index is 1.92. The van der Waals surface area contributed by atoms with Gasteiger partial charge in [0.15, 0.2) is 6.61 Å². The van der Waals surface area contributed by atoms with E-state index in [2.05, 4.69) is 26.5 Å². The number of hydrogen-bond donors (Lipinski definition) is 2. The lowest BCUT2D eigenvalue weighted by atomic mass is 10.1. The molecule has 23 heavy (non-hydrogen) atoms. The first-order chi connectivity index (χ1) is 11.0. The molecule has 2 aromatic carbocycles. The highest BCUT2D eigenvalue weighted by Gasteiger charge is 2.07. The molecule has 0 aliphatic heterocycles. The van der Waals surface area contributed by atoms with Crippen molar-refractivity contribution in [1.29, 1.82) is 0 Å². The summed E-state index contributed by atoms with van der Waals surface area (Å²) in [6.07, 6.45) is 0. The first-order valence-electron chi connectivity index (χ1n) is 6.66. The molecule has 0 bridgehead atoms. The third-order valence-corrected chi connectivity index (χ3v) is 3.75. The first-order valence-corrected chi connectivity index (χ1v) is 7.84. The largest absolute Gasteiger partial charge is 0.507 e. The molecule has 120 valence electrons. The van der Waals surface area contributed by atoms with Crippen LogP contribution in [0.3, 0.4) is 0 Å². The number of rotatable bonds is 5. The number of aromatic hydroxyl groups is 1. The van der Waals surface area contributed by atoms with Gasteiger partial charge in [-0.2, -0.15) is 5.10 Å². The summed E-state index contributed by atoms with van der Waals surface area (Å²) in [6.45, 7) is 1.49. The highest BCUT2D eigenvalue weighted by Crippen LogP contribution is 2.27. The van der Waals surface area contributed by atoms with Crippen molar-refractivity contribution in [2.45, 2.75) is 6.92 Å². The van der Waals surface area contributed by atoms with E-state index in [1.807, 2.05) is 0 Å². The number of hydrazone groups is 1. The van der Waals surface area contributed by atoms with E-state index in [0.717, 1.165) is 0 Å². The van der Waals surface area contributed by atoms with Crippen LogP contribution in [0.4, 0.5) is 0 Å². The van der Waals surface area contributed by atoms with Crippen molar-refractivity contribution in [3.63, 3.8) is 0 Å². The highest BCUT2D eigenvalue weighted by atomic mass is 79.9. The van der Waals surface area contributed by atoms with Crippen LogP contribution in [0.2, 0.25) is 5.02 Å². The summed E-state index contributed by atoms with van der Waals surface area (Å²) in [5.74, 6) is 0.192. The number of hydrogen-bond acceptors (Lipinski definition) is 4. The topological polar surface area (TPSA) is 70.9 Å². The second-order valence-electron chi connectivity index (χ2n) is 4.61. The van der Waals surface area contributed by atoms with E-state index >= 15 is 0 Å². The summed E-state index contributed by atoms with van der Waals surface area (Å²) in [4.78, 5) is 11.8. The number of nitrogens with zero attached hydrogens (tertiary/aromatic N) is 1. The minimum Gasteiger partial charge on any atom is -0.507 e. The molecule has 0 heterocycles. The molecular formula is C16H14BrClN2O3. The summed E-state index contributed by atoms with van der Waals surface area (Å²) >= 11 is 9.13. The van der Waals surface area contributed by atoms with Gasteiger partial charge in [0, 0.05) is 10.6 Å². The Kier molecular flexibility index (Phi) is 6.01. The van der Waals surface area contributed by atoms with Gasteiger partial charge < -0.3 is 9.84 Å². The van der Waals surface area contributed by atoms with Crippen LogP contribution in [-0.4, -0.2) is 23.3 Å². The second-order valence-corrected chi connectivity index (χ2v) is 5.90. The van der Waals surface area contributed by atoms with Gasteiger partial charge in [-0.3, -0.25) is 4.79 Å². The number of para-hydroxylation sites is 1. The predicted octanol–water partition coefficient (Wildman–Crippen LogP) is 3.73. The van der Waals surface area contributed by atoms with E-state index in [1.165, 1.54) is 0 Å². The molecule has 0 spiro atoms. The third-order valence-electron chi connectivity index (χ3n) is 2.89. The Morgan fingerprint density at radius 1 is 1.35 bits per heavy atom. The number of phenolic OH excluding ortho intramolecular Hbond substituents is 1. The molecule has 0 fully saturated rings. The number of nitrogens with one attached hydrogen (secondary N) is 1. The molecule has 0 atom stereocenters. The van der Waals surface area contributed by atoms with Crippen LogP contribution in [0.15, 0.2) is 52.0 Å². The number of halogens is 2. The maximum atomic E-state index is 11.8. The Hall–Kier alpha value is -2.05. The predicted molar refractivity (Wildman–Crippen MR) is 93.1 cm³/mol. The van der Waals surface area contributed by atoms with Crippen molar-refractivity contribution in [2.24, 2.45) is 5.10 Å². The van der Waals surface area contributed by atoms with Gasteiger partial charge in [0.25, 0.3) is 5.91 Å². The van der Waals surface area contributed by atoms with Gasteiger partial charge >= 0.3 is 0 Å². The van der Waals surface area contributed by atoms with E-state index in [0.29, 0.717) is 26.5 Å². The van der Waals surface area contributed by atoms with Crippen LogP contribution >= 0.6 is 27.5 Å². The van der Waals surface area contributed by atoms with Crippen molar-refractivity contribution >= 4 is 39.1 Å². The molecule has 0 unspecified atom stereocenters. The van der Waals surface area contributed by atoms with Gasteiger partial charge in [0.2, 0.25) is 0 Å². The standard InChI is InChI=1S/C16H14BrClN2O3/c1-10(12-4-2-3-5-14(12)21)19-20-16(22)9-23-15-7-6-11(18)8-13(15)17/h2-8,21H,9H2,1H3,(H,20,22)/b19-10-. The quantitative estimate of drug-likeness (QED) is 0.596. The first kappa shape index (κ1) is 17.3. The number of phenols is 1. The number of benzene rings is 2. The van der Waals surface area contributed by atoms with Crippen molar-refractivity contribution in [3.05, 3.63) is 57.5 Å². The molecule has 0 aromatic heterocycles. The normalized spacial score (nSPS) is 11.2. The molecule has 2 N–H and O–H groups in total. The minimum absolute atomic E-state index is 0.101. The Morgan fingerprint density at radius 2 is 2.09 bits per heavy atom. The molecule has 1 amide bonds. The monoisotopic (exact) mass is 396 g/mol. The summed E-state index contributed by atoms with van der Waals surface area (Å²) < 4.78 is 6.04. The SMILES string of the molecule is C/C(=N/NC(=O)COc1ccc(Cl)cc1Br)c1ccccc1O. The lowest BCUT2D eigenvalue weighted by Gasteiger charge is -2.08. The second kappa shape index (κ2) is 7.99. The van der Waals surface area contributed by atoms with Crippen LogP contribution in [0.25, 0.3) is 0 Å². The molecule has 0 saturated carbocycles. The zero-order valence-electron chi connectivity index (χ0n) is 12.2. The average Bonchev–Trinajstić information content (AvgIpc) is 2.52. The molecular weight excluding hydrogens is 384 g/mol. The maximum absolute atomic E-state index is 11.8. The summed E-state index contributed by atoms with van der Waals surface area (Å²) in [5.41, 5.74) is 3.42. The zero-order chi connectivity index (χ0) is 16.8. The molecule has 0 saturated heterocycles. The van der Waals surface area contributed by atoms with Crippen LogP contribution in [0, 0.1) is 0 Å². The molecule has 0 aliphatic rings. The molecule has 5 nitrogen and oxygen atoms in total. The molecule has 2 aromatic rings. The van der Waals surface area contributed by atoms with Crippen LogP contribution in [0.5, 0.6) is 11.5 Å². The van der Waals surface area contributed by atoms with Gasteiger partial charge in [0.05, 0.1) is 10.2 Å². The Morgan fingerprint density at radius 3 is 2.78 bits per heavy atom. The average molecular weight is 398 g/mol. The summed E-state index contributed by atoms with van der Waals surface area (Å²) in [7, 11) is 0.